The van der Waals surface area contributed by atoms with Gasteiger partial charge in [0.25, 0.3) is 5.91 Å². The summed E-state index contributed by atoms with van der Waals surface area (Å²) in [5.41, 5.74) is -0.361. The Bertz CT molecular complexity index is 974. The zero-order valence-electron chi connectivity index (χ0n) is 18.0. The summed E-state index contributed by atoms with van der Waals surface area (Å²) in [5, 5.41) is 10.1. The van der Waals surface area contributed by atoms with Gasteiger partial charge in [0.2, 0.25) is 5.91 Å². The molecular weight excluding hydrogens is 414 g/mol. The van der Waals surface area contributed by atoms with Crippen molar-refractivity contribution >= 4 is 24.4 Å². The molecule has 3 unspecified atom stereocenters. The molecule has 1 aromatic rings. The lowest BCUT2D eigenvalue weighted by Gasteiger charge is -2.46. The molecule has 7 nitrogen and oxygen atoms in total. The summed E-state index contributed by atoms with van der Waals surface area (Å²) in [6, 6.07) is 6.29. The van der Waals surface area contributed by atoms with Crippen molar-refractivity contribution in [1.82, 2.24) is 9.80 Å². The number of benzene rings is 1. The van der Waals surface area contributed by atoms with Crippen LogP contribution in [-0.4, -0.2) is 52.8 Å². The lowest BCUT2D eigenvalue weighted by atomic mass is 9.79. The zero-order valence-corrected chi connectivity index (χ0v) is 18.9. The van der Waals surface area contributed by atoms with E-state index in [2.05, 4.69) is 31.9 Å². The van der Waals surface area contributed by atoms with Crippen molar-refractivity contribution in [1.29, 1.82) is 5.26 Å². The average Bonchev–Trinajstić information content (AvgIpc) is 3.02. The molecule has 164 valence electrons. The van der Waals surface area contributed by atoms with Gasteiger partial charge in [-0.2, -0.15) is 5.26 Å². The molecule has 0 spiro atoms. The van der Waals surface area contributed by atoms with E-state index in [0.717, 1.165) is 0 Å². The number of hydrogen-bond donors (Lipinski definition) is 1. The molecular formula is C23H27N3O4S. The minimum absolute atomic E-state index is 0.115. The number of likely N-dealkylation sites (N-methyl/N-ethyl adjacent to an activating group) is 1. The van der Waals surface area contributed by atoms with E-state index in [1.165, 1.54) is 9.80 Å². The lowest BCUT2D eigenvalue weighted by molar-refractivity contribution is -0.161. The standard InChI is InChI=1S/C23H27N3O4S/c1-6-10-29-17-9-8-16(12-18(17)30-11-7-2)19-22(4,14-24)13-23(31)21(28)25(5)15(3)20(27)26(19)23/h6-9,12,15,19,31H,1-2,10-11,13H2,3-5H3/t15?,19?,22-,23?/m1/s1. The van der Waals surface area contributed by atoms with Crippen LogP contribution < -0.4 is 9.47 Å². The first-order valence-corrected chi connectivity index (χ1v) is 10.4. The van der Waals surface area contributed by atoms with Crippen molar-refractivity contribution in [2.75, 3.05) is 20.3 Å². The highest BCUT2D eigenvalue weighted by atomic mass is 32.1. The molecule has 4 atom stereocenters. The predicted octanol–water partition coefficient (Wildman–Crippen LogP) is 3.11. The number of piperazine rings is 1. The summed E-state index contributed by atoms with van der Waals surface area (Å²) in [5.74, 6) is 0.424. The van der Waals surface area contributed by atoms with E-state index in [1.807, 2.05) is 0 Å². The van der Waals surface area contributed by atoms with Crippen LogP contribution in [0.2, 0.25) is 0 Å². The summed E-state index contributed by atoms with van der Waals surface area (Å²) >= 11 is 4.67. The van der Waals surface area contributed by atoms with Gasteiger partial charge in [0.1, 0.15) is 19.3 Å². The maximum absolute atomic E-state index is 13.3. The maximum Gasteiger partial charge on any atom is 0.259 e. The van der Waals surface area contributed by atoms with Gasteiger partial charge in [-0.05, 0) is 31.5 Å². The van der Waals surface area contributed by atoms with Crippen LogP contribution in [0.15, 0.2) is 43.5 Å². The third kappa shape index (κ3) is 3.57. The maximum atomic E-state index is 13.3. The van der Waals surface area contributed by atoms with Gasteiger partial charge in [-0.1, -0.05) is 31.4 Å². The van der Waals surface area contributed by atoms with Crippen LogP contribution in [0.25, 0.3) is 0 Å². The predicted molar refractivity (Wildman–Crippen MR) is 120 cm³/mol. The Kier molecular flexibility index (Phi) is 6.10. The Labute approximate surface area is 188 Å². The van der Waals surface area contributed by atoms with E-state index in [9.17, 15) is 14.9 Å². The first kappa shape index (κ1) is 22.8. The molecule has 2 fully saturated rings. The SMILES string of the molecule is C=CCOc1ccc(C2N3C(=O)C(C)N(C)C(=O)C3(S)C[C@]2(C)C#N)cc1OCC=C. The Morgan fingerprint density at radius 2 is 1.87 bits per heavy atom. The second kappa shape index (κ2) is 8.31. The average molecular weight is 442 g/mol. The Hall–Kier alpha value is -2.92. The van der Waals surface area contributed by atoms with E-state index in [4.69, 9.17) is 9.47 Å². The zero-order chi connectivity index (χ0) is 23.0. The normalized spacial score (nSPS) is 29.9. The number of carbonyl (C=O) groups excluding carboxylic acids is 2. The minimum atomic E-state index is -1.40. The smallest absolute Gasteiger partial charge is 0.259 e. The molecule has 31 heavy (non-hydrogen) atoms. The lowest BCUT2D eigenvalue weighted by Crippen LogP contribution is -2.65. The monoisotopic (exact) mass is 441 g/mol. The Morgan fingerprint density at radius 1 is 1.26 bits per heavy atom. The third-order valence-electron chi connectivity index (χ3n) is 5.96. The number of hydrogen-bond acceptors (Lipinski definition) is 6. The molecule has 8 heteroatoms. The second-order valence-electron chi connectivity index (χ2n) is 8.13. The van der Waals surface area contributed by atoms with Gasteiger partial charge in [0.05, 0.1) is 17.5 Å². The first-order chi connectivity index (χ1) is 14.6. The summed E-state index contributed by atoms with van der Waals surface area (Å²) < 4.78 is 11.5. The molecule has 2 aliphatic rings. The fourth-order valence-corrected chi connectivity index (χ4v) is 5.05. The molecule has 3 rings (SSSR count). The highest BCUT2D eigenvalue weighted by Gasteiger charge is 2.66. The molecule has 0 aliphatic carbocycles. The quantitative estimate of drug-likeness (QED) is 0.519. The Balaban J connectivity index is 2.14. The van der Waals surface area contributed by atoms with Crippen molar-refractivity contribution < 1.29 is 19.1 Å². The summed E-state index contributed by atoms with van der Waals surface area (Å²) in [6.07, 6.45) is 3.35. The number of carbonyl (C=O) groups is 2. The number of nitriles is 1. The van der Waals surface area contributed by atoms with Gasteiger partial charge in [0.15, 0.2) is 16.4 Å². The molecule has 2 saturated heterocycles. The molecule has 0 saturated carbocycles. The highest BCUT2D eigenvalue weighted by molar-refractivity contribution is 7.82. The van der Waals surface area contributed by atoms with Crippen LogP contribution in [0.4, 0.5) is 0 Å². The van der Waals surface area contributed by atoms with Crippen molar-refractivity contribution in [3.8, 4) is 17.6 Å². The van der Waals surface area contributed by atoms with E-state index in [-0.39, 0.29) is 24.8 Å². The molecule has 2 heterocycles. The largest absolute Gasteiger partial charge is 0.486 e. The van der Waals surface area contributed by atoms with Gasteiger partial charge in [-0.3, -0.25) is 9.59 Å². The summed E-state index contributed by atoms with van der Waals surface area (Å²) in [4.78, 5) is 27.9. The number of amides is 2. The highest BCUT2D eigenvalue weighted by Crippen LogP contribution is 2.58. The fraction of sp³-hybridized carbons (Fsp3) is 0.435. The van der Waals surface area contributed by atoms with Crippen LogP contribution in [0.1, 0.15) is 31.9 Å². The number of nitrogens with zero attached hydrogens (tertiary/aromatic N) is 3. The van der Waals surface area contributed by atoms with E-state index >= 15 is 0 Å². The number of rotatable bonds is 7. The molecule has 2 aliphatic heterocycles. The summed E-state index contributed by atoms with van der Waals surface area (Å²) in [6.45, 7) is 11.3. The van der Waals surface area contributed by atoms with Crippen LogP contribution in [0.3, 0.4) is 0 Å². The van der Waals surface area contributed by atoms with Gasteiger partial charge in [-0.15, -0.1) is 12.6 Å². The van der Waals surface area contributed by atoms with E-state index in [0.29, 0.717) is 23.7 Å². The molecule has 1 aromatic carbocycles. The fourth-order valence-electron chi connectivity index (χ4n) is 4.35. The van der Waals surface area contributed by atoms with Crippen molar-refractivity contribution in [3.05, 3.63) is 49.1 Å². The third-order valence-corrected chi connectivity index (χ3v) is 6.53. The number of thiol groups is 1. The molecule has 0 N–H and O–H groups in total. The second-order valence-corrected chi connectivity index (χ2v) is 8.87. The molecule has 2 amide bonds. The van der Waals surface area contributed by atoms with Crippen LogP contribution in [-0.2, 0) is 9.59 Å². The van der Waals surface area contributed by atoms with Gasteiger partial charge in [-0.25, -0.2) is 0 Å². The van der Waals surface area contributed by atoms with Gasteiger partial charge >= 0.3 is 0 Å². The van der Waals surface area contributed by atoms with E-state index in [1.54, 1.807) is 51.2 Å². The van der Waals surface area contributed by atoms with Crippen molar-refractivity contribution in [2.45, 2.75) is 37.2 Å². The molecule has 0 aromatic heterocycles. The Morgan fingerprint density at radius 3 is 2.45 bits per heavy atom. The number of fused-ring (bicyclic) bond motifs is 1. The number of ether oxygens (including phenoxy) is 2. The van der Waals surface area contributed by atoms with Crippen molar-refractivity contribution in [2.24, 2.45) is 5.41 Å². The minimum Gasteiger partial charge on any atom is -0.486 e. The van der Waals surface area contributed by atoms with Crippen molar-refractivity contribution in [3.63, 3.8) is 0 Å². The molecule has 0 radical (unpaired) electrons. The topological polar surface area (TPSA) is 82.9 Å². The van der Waals surface area contributed by atoms with Crippen LogP contribution >= 0.6 is 12.6 Å². The molecule has 0 bridgehead atoms. The first-order valence-electron chi connectivity index (χ1n) is 10.00. The summed E-state index contributed by atoms with van der Waals surface area (Å²) in [7, 11) is 1.59. The van der Waals surface area contributed by atoms with Crippen LogP contribution in [0, 0.1) is 16.7 Å². The van der Waals surface area contributed by atoms with Gasteiger partial charge < -0.3 is 19.3 Å². The van der Waals surface area contributed by atoms with Gasteiger partial charge in [0, 0.05) is 13.5 Å². The van der Waals surface area contributed by atoms with Crippen LogP contribution in [0.5, 0.6) is 11.5 Å². The van der Waals surface area contributed by atoms with E-state index < -0.39 is 22.4 Å².